The smallest absolute Gasteiger partial charge is 0.234 e. The summed E-state index contributed by atoms with van der Waals surface area (Å²) in [6.07, 6.45) is 4.86. The number of carbonyl (C=O) groups is 1. The van der Waals surface area contributed by atoms with E-state index in [9.17, 15) is 9.18 Å². The molecule has 0 aliphatic carbocycles. The van der Waals surface area contributed by atoms with Gasteiger partial charge in [-0.2, -0.15) is 5.10 Å². The summed E-state index contributed by atoms with van der Waals surface area (Å²) in [5, 5.41) is 9.66. The van der Waals surface area contributed by atoms with Crippen LogP contribution in [-0.4, -0.2) is 31.4 Å². The van der Waals surface area contributed by atoms with Crippen LogP contribution in [0, 0.1) is 5.82 Å². The minimum absolute atomic E-state index is 0.186. The fourth-order valence-corrected chi connectivity index (χ4v) is 2.46. The number of aromatic nitrogens is 4. The number of aromatic amines is 1. The van der Waals surface area contributed by atoms with Gasteiger partial charge < -0.3 is 9.88 Å². The van der Waals surface area contributed by atoms with Gasteiger partial charge in [0.15, 0.2) is 5.16 Å². The summed E-state index contributed by atoms with van der Waals surface area (Å²) in [5.41, 5.74) is 0.916. The van der Waals surface area contributed by atoms with Crippen molar-refractivity contribution in [1.82, 2.24) is 19.7 Å². The van der Waals surface area contributed by atoms with Gasteiger partial charge in [-0.15, -0.1) is 0 Å². The van der Waals surface area contributed by atoms with E-state index in [0.717, 1.165) is 0 Å². The highest BCUT2D eigenvalue weighted by Gasteiger charge is 2.09. The third kappa shape index (κ3) is 3.34. The Balaban J connectivity index is 1.67. The molecule has 0 aliphatic rings. The van der Waals surface area contributed by atoms with Crippen molar-refractivity contribution in [2.45, 2.75) is 5.16 Å². The molecule has 2 aromatic heterocycles. The molecule has 22 heavy (non-hydrogen) atoms. The Bertz CT molecular complexity index is 758. The number of nitrogens with one attached hydrogen (secondary N) is 2. The van der Waals surface area contributed by atoms with Crippen LogP contribution in [0.1, 0.15) is 0 Å². The predicted octanol–water partition coefficient (Wildman–Crippen LogP) is 2.47. The average molecular weight is 317 g/mol. The number of thioether (sulfide) groups is 1. The summed E-state index contributed by atoms with van der Waals surface area (Å²) in [7, 11) is 0. The highest BCUT2D eigenvalue weighted by Crippen LogP contribution is 2.19. The zero-order valence-corrected chi connectivity index (χ0v) is 12.2. The van der Waals surface area contributed by atoms with Crippen LogP contribution < -0.4 is 5.32 Å². The van der Waals surface area contributed by atoms with Crippen molar-refractivity contribution in [3.05, 3.63) is 54.9 Å². The maximum absolute atomic E-state index is 13.8. The van der Waals surface area contributed by atoms with Gasteiger partial charge in [-0.3, -0.25) is 9.89 Å². The Morgan fingerprint density at radius 1 is 1.36 bits per heavy atom. The third-order valence-electron chi connectivity index (χ3n) is 2.85. The number of nitrogens with zero attached hydrogens (tertiary/aromatic N) is 3. The SMILES string of the molecule is O=C(CSc1ncn[nH]1)Nc1ccc(F)c(-n2cccc2)c1. The second-order valence-corrected chi connectivity index (χ2v) is 5.35. The van der Waals surface area contributed by atoms with Crippen LogP contribution in [0.4, 0.5) is 10.1 Å². The van der Waals surface area contributed by atoms with E-state index >= 15 is 0 Å². The molecule has 6 nitrogen and oxygen atoms in total. The van der Waals surface area contributed by atoms with Crippen molar-refractivity contribution in [2.75, 3.05) is 11.1 Å². The van der Waals surface area contributed by atoms with Crippen LogP contribution >= 0.6 is 11.8 Å². The average Bonchev–Trinajstić information content (AvgIpc) is 3.20. The fraction of sp³-hybridized carbons (Fsp3) is 0.0714. The van der Waals surface area contributed by atoms with E-state index < -0.39 is 0 Å². The number of benzene rings is 1. The number of anilines is 1. The number of hydrogen-bond donors (Lipinski definition) is 2. The maximum atomic E-state index is 13.8. The first kappa shape index (κ1) is 14.3. The lowest BCUT2D eigenvalue weighted by molar-refractivity contribution is -0.113. The number of rotatable bonds is 5. The van der Waals surface area contributed by atoms with Gasteiger partial charge in [0.1, 0.15) is 12.1 Å². The molecular formula is C14H12FN5OS. The number of H-pyrrole nitrogens is 1. The van der Waals surface area contributed by atoms with Crippen molar-refractivity contribution < 1.29 is 9.18 Å². The Hall–Kier alpha value is -2.61. The Labute approximate surface area is 129 Å². The van der Waals surface area contributed by atoms with Gasteiger partial charge in [-0.25, -0.2) is 9.37 Å². The van der Waals surface area contributed by atoms with E-state index in [1.165, 1.54) is 30.2 Å². The van der Waals surface area contributed by atoms with Gasteiger partial charge in [0, 0.05) is 18.1 Å². The molecule has 1 aromatic carbocycles. The Morgan fingerprint density at radius 2 is 2.18 bits per heavy atom. The van der Waals surface area contributed by atoms with Crippen molar-refractivity contribution in [2.24, 2.45) is 0 Å². The summed E-state index contributed by atoms with van der Waals surface area (Å²) >= 11 is 1.24. The third-order valence-corrected chi connectivity index (χ3v) is 3.72. The fourth-order valence-electron chi connectivity index (χ4n) is 1.88. The molecule has 0 spiro atoms. The molecule has 2 N–H and O–H groups in total. The van der Waals surface area contributed by atoms with Gasteiger partial charge in [-0.05, 0) is 30.3 Å². The molecule has 0 saturated heterocycles. The first-order chi connectivity index (χ1) is 10.7. The Kier molecular flexibility index (Phi) is 4.19. The zero-order valence-electron chi connectivity index (χ0n) is 11.4. The molecule has 0 unspecified atom stereocenters. The normalized spacial score (nSPS) is 10.6. The van der Waals surface area contributed by atoms with E-state index in [4.69, 9.17) is 0 Å². The highest BCUT2D eigenvalue weighted by molar-refractivity contribution is 7.99. The molecule has 0 bridgehead atoms. The van der Waals surface area contributed by atoms with Crippen molar-refractivity contribution in [1.29, 1.82) is 0 Å². The molecule has 112 valence electrons. The summed E-state index contributed by atoms with van der Waals surface area (Å²) in [6, 6.07) is 8.05. The van der Waals surface area contributed by atoms with Gasteiger partial charge in [0.05, 0.1) is 11.4 Å². The van der Waals surface area contributed by atoms with E-state index in [2.05, 4.69) is 20.5 Å². The van der Waals surface area contributed by atoms with Crippen molar-refractivity contribution in [3.8, 4) is 5.69 Å². The largest absolute Gasteiger partial charge is 0.325 e. The van der Waals surface area contributed by atoms with Gasteiger partial charge >= 0.3 is 0 Å². The molecule has 3 aromatic rings. The second kappa shape index (κ2) is 6.44. The molecule has 8 heteroatoms. The van der Waals surface area contributed by atoms with Crippen LogP contribution in [0.25, 0.3) is 5.69 Å². The minimum atomic E-state index is -0.356. The molecule has 2 heterocycles. The molecule has 0 aliphatic heterocycles. The zero-order chi connectivity index (χ0) is 15.4. The van der Waals surface area contributed by atoms with Crippen LogP contribution in [0.15, 0.2) is 54.2 Å². The van der Waals surface area contributed by atoms with Gasteiger partial charge in [-0.1, -0.05) is 11.8 Å². The number of carbonyl (C=O) groups excluding carboxylic acids is 1. The van der Waals surface area contributed by atoms with Gasteiger partial charge in [0.25, 0.3) is 0 Å². The quantitative estimate of drug-likeness (QED) is 0.709. The van der Waals surface area contributed by atoms with Crippen LogP contribution in [-0.2, 0) is 4.79 Å². The van der Waals surface area contributed by atoms with Crippen LogP contribution in [0.5, 0.6) is 0 Å². The predicted molar refractivity (Wildman–Crippen MR) is 81.5 cm³/mol. The number of halogens is 1. The van der Waals surface area contributed by atoms with Crippen molar-refractivity contribution in [3.63, 3.8) is 0 Å². The standard InChI is InChI=1S/C14H12FN5OS/c15-11-4-3-10(7-12(11)20-5-1-2-6-20)18-13(21)8-22-14-16-9-17-19-14/h1-7,9H,8H2,(H,18,21)(H,16,17,19). The van der Waals surface area contributed by atoms with E-state index in [-0.39, 0.29) is 17.5 Å². The monoisotopic (exact) mass is 317 g/mol. The summed E-state index contributed by atoms with van der Waals surface area (Å²) in [5.74, 6) is -0.373. The summed E-state index contributed by atoms with van der Waals surface area (Å²) in [6.45, 7) is 0. The highest BCUT2D eigenvalue weighted by atomic mass is 32.2. The van der Waals surface area contributed by atoms with E-state index in [1.807, 2.05) is 0 Å². The Morgan fingerprint density at radius 3 is 2.91 bits per heavy atom. The van der Waals surface area contributed by atoms with Crippen molar-refractivity contribution >= 4 is 23.4 Å². The summed E-state index contributed by atoms with van der Waals surface area (Å²) in [4.78, 5) is 15.8. The molecule has 3 rings (SSSR count). The lowest BCUT2D eigenvalue weighted by Crippen LogP contribution is -2.14. The second-order valence-electron chi connectivity index (χ2n) is 4.38. The molecule has 0 saturated carbocycles. The first-order valence-corrected chi connectivity index (χ1v) is 7.42. The lowest BCUT2D eigenvalue weighted by Gasteiger charge is -2.09. The lowest BCUT2D eigenvalue weighted by atomic mass is 10.2. The molecule has 0 atom stereocenters. The first-order valence-electron chi connectivity index (χ1n) is 6.43. The van der Waals surface area contributed by atoms with Gasteiger partial charge in [0.2, 0.25) is 5.91 Å². The topological polar surface area (TPSA) is 75.6 Å². The number of amides is 1. The van der Waals surface area contributed by atoms with Crippen LogP contribution in [0.2, 0.25) is 0 Å². The maximum Gasteiger partial charge on any atom is 0.234 e. The molecule has 1 amide bonds. The summed E-state index contributed by atoms with van der Waals surface area (Å²) < 4.78 is 15.5. The van der Waals surface area contributed by atoms with E-state index in [0.29, 0.717) is 16.5 Å². The number of hydrogen-bond acceptors (Lipinski definition) is 4. The molecular weight excluding hydrogens is 305 g/mol. The van der Waals surface area contributed by atoms with E-state index in [1.54, 1.807) is 35.2 Å². The molecule has 0 fully saturated rings. The molecule has 0 radical (unpaired) electrons. The van der Waals surface area contributed by atoms with Crippen LogP contribution in [0.3, 0.4) is 0 Å². The minimum Gasteiger partial charge on any atom is -0.325 e.